The van der Waals surface area contributed by atoms with Gasteiger partial charge in [-0.25, -0.2) is 22.5 Å². The van der Waals surface area contributed by atoms with Crippen molar-refractivity contribution in [2.45, 2.75) is 19.3 Å². The van der Waals surface area contributed by atoms with E-state index in [0.29, 0.717) is 6.07 Å². The average molecular weight is 287 g/mol. The summed E-state index contributed by atoms with van der Waals surface area (Å²) in [7, 11) is 0. The van der Waals surface area contributed by atoms with Crippen LogP contribution in [0.2, 0.25) is 0 Å². The molecule has 19 heavy (non-hydrogen) atoms. The summed E-state index contributed by atoms with van der Waals surface area (Å²) >= 11 is 0. The minimum atomic E-state index is -4.33. The zero-order valence-corrected chi connectivity index (χ0v) is 9.78. The van der Waals surface area contributed by atoms with Gasteiger partial charge in [-0.3, -0.25) is 0 Å². The van der Waals surface area contributed by atoms with Gasteiger partial charge < -0.3 is 10.6 Å². The summed E-state index contributed by atoms with van der Waals surface area (Å²) in [5.41, 5.74) is 0. The smallest absolute Gasteiger partial charge is 0.324 e. The molecule has 0 bridgehead atoms. The number of pyridine rings is 1. The van der Waals surface area contributed by atoms with Gasteiger partial charge in [0.25, 0.3) is 0 Å². The highest BCUT2D eigenvalue weighted by molar-refractivity contribution is 5.47. The van der Waals surface area contributed by atoms with Gasteiger partial charge in [-0.2, -0.15) is 8.78 Å². The van der Waals surface area contributed by atoms with Gasteiger partial charge in [0.15, 0.2) is 23.3 Å². The van der Waals surface area contributed by atoms with Crippen LogP contribution in [-0.4, -0.2) is 30.4 Å². The number of aromatic nitrogens is 1. The van der Waals surface area contributed by atoms with Crippen molar-refractivity contribution in [3.63, 3.8) is 0 Å². The topological polar surface area (TPSA) is 37.0 Å². The molecular weight excluding hydrogens is 276 g/mol. The standard InChI is InChI=1S/C10H11F6N3/c1-2-17-7-5(11)3-6(12)8(19-7)18-4-10(15,16)9(13)14/h3,9H,2,4H2,1H3,(H2,17,18,19). The first-order chi connectivity index (χ1) is 8.77. The van der Waals surface area contributed by atoms with E-state index in [2.05, 4.69) is 10.3 Å². The molecule has 0 aromatic carbocycles. The number of rotatable bonds is 6. The van der Waals surface area contributed by atoms with Crippen LogP contribution < -0.4 is 10.6 Å². The summed E-state index contributed by atoms with van der Waals surface area (Å²) in [6.07, 6.45) is -3.89. The summed E-state index contributed by atoms with van der Waals surface area (Å²) in [6.45, 7) is 0.372. The molecular formula is C10H11F6N3. The molecule has 0 aliphatic rings. The first kappa shape index (κ1) is 15.4. The monoisotopic (exact) mass is 287 g/mol. The van der Waals surface area contributed by atoms with Crippen LogP contribution in [0.5, 0.6) is 0 Å². The molecule has 0 aliphatic carbocycles. The normalized spacial score (nSPS) is 11.8. The molecule has 0 saturated carbocycles. The van der Waals surface area contributed by atoms with E-state index < -0.39 is 36.3 Å². The van der Waals surface area contributed by atoms with E-state index in [0.717, 1.165) is 0 Å². The predicted molar refractivity (Wildman–Crippen MR) is 57.8 cm³/mol. The Morgan fingerprint density at radius 3 is 2.16 bits per heavy atom. The predicted octanol–water partition coefficient (Wildman–Crippen LogP) is 3.10. The second kappa shape index (κ2) is 5.98. The van der Waals surface area contributed by atoms with E-state index in [1.54, 1.807) is 12.2 Å². The highest BCUT2D eigenvalue weighted by Crippen LogP contribution is 2.24. The van der Waals surface area contributed by atoms with Crippen molar-refractivity contribution < 1.29 is 26.3 Å². The maximum absolute atomic E-state index is 13.2. The number of halogens is 6. The largest absolute Gasteiger partial charge is 0.368 e. The van der Waals surface area contributed by atoms with Crippen LogP contribution in [0.25, 0.3) is 0 Å². The summed E-state index contributed by atoms with van der Waals surface area (Å²) < 4.78 is 75.5. The molecule has 0 aliphatic heterocycles. The van der Waals surface area contributed by atoms with E-state index in [-0.39, 0.29) is 12.4 Å². The molecule has 2 N–H and O–H groups in total. The van der Waals surface area contributed by atoms with Crippen molar-refractivity contribution in [1.82, 2.24) is 4.98 Å². The Hall–Kier alpha value is -1.67. The molecule has 0 amide bonds. The molecule has 108 valence electrons. The van der Waals surface area contributed by atoms with Crippen molar-refractivity contribution in [2.24, 2.45) is 0 Å². The Morgan fingerprint density at radius 1 is 1.16 bits per heavy atom. The van der Waals surface area contributed by atoms with E-state index in [1.807, 2.05) is 0 Å². The van der Waals surface area contributed by atoms with Crippen LogP contribution in [0.4, 0.5) is 38.0 Å². The fraction of sp³-hybridized carbons (Fsp3) is 0.500. The van der Waals surface area contributed by atoms with Crippen LogP contribution in [-0.2, 0) is 0 Å². The summed E-state index contributed by atoms with van der Waals surface area (Å²) in [5.74, 6) is -7.67. The van der Waals surface area contributed by atoms with Gasteiger partial charge in [-0.1, -0.05) is 0 Å². The van der Waals surface area contributed by atoms with Crippen molar-refractivity contribution in [2.75, 3.05) is 23.7 Å². The third-order valence-electron chi connectivity index (χ3n) is 2.08. The quantitative estimate of drug-likeness (QED) is 0.789. The van der Waals surface area contributed by atoms with Gasteiger partial charge in [0.05, 0.1) is 6.54 Å². The van der Waals surface area contributed by atoms with E-state index in [4.69, 9.17) is 0 Å². The molecule has 0 spiro atoms. The first-order valence-corrected chi connectivity index (χ1v) is 5.27. The number of anilines is 2. The lowest BCUT2D eigenvalue weighted by Crippen LogP contribution is -2.35. The molecule has 1 aromatic heterocycles. The van der Waals surface area contributed by atoms with Gasteiger partial charge in [0, 0.05) is 12.6 Å². The summed E-state index contributed by atoms with van der Waals surface area (Å²) in [6, 6.07) is 0.424. The molecule has 3 nitrogen and oxygen atoms in total. The van der Waals surface area contributed by atoms with Gasteiger partial charge in [-0.15, -0.1) is 0 Å². The van der Waals surface area contributed by atoms with Crippen molar-refractivity contribution in [3.8, 4) is 0 Å². The van der Waals surface area contributed by atoms with Gasteiger partial charge >= 0.3 is 12.3 Å². The SMILES string of the molecule is CCNc1nc(NCC(F)(F)C(F)F)c(F)cc1F. The van der Waals surface area contributed by atoms with E-state index in [9.17, 15) is 26.3 Å². The van der Waals surface area contributed by atoms with Gasteiger partial charge in [0.1, 0.15) is 0 Å². The Kier molecular flexibility index (Phi) is 4.84. The van der Waals surface area contributed by atoms with E-state index >= 15 is 0 Å². The number of alkyl halides is 4. The van der Waals surface area contributed by atoms with Crippen molar-refractivity contribution in [3.05, 3.63) is 17.7 Å². The van der Waals surface area contributed by atoms with Crippen molar-refractivity contribution in [1.29, 1.82) is 0 Å². The molecule has 9 heteroatoms. The highest BCUT2D eigenvalue weighted by Gasteiger charge is 2.40. The summed E-state index contributed by atoms with van der Waals surface area (Å²) in [5, 5.41) is 4.17. The number of nitrogens with zero attached hydrogens (tertiary/aromatic N) is 1. The van der Waals surface area contributed by atoms with Gasteiger partial charge in [0.2, 0.25) is 0 Å². The molecule has 1 rings (SSSR count). The maximum Gasteiger partial charge on any atom is 0.324 e. The molecule has 1 aromatic rings. The molecule has 0 unspecified atom stereocenters. The lowest BCUT2D eigenvalue weighted by atomic mass is 10.3. The van der Waals surface area contributed by atoms with E-state index in [1.165, 1.54) is 0 Å². The Bertz CT molecular complexity index is 438. The third kappa shape index (κ3) is 3.90. The number of hydrogen-bond donors (Lipinski definition) is 2. The zero-order valence-electron chi connectivity index (χ0n) is 9.78. The molecule has 1 heterocycles. The molecule has 0 radical (unpaired) electrons. The lowest BCUT2D eigenvalue weighted by molar-refractivity contribution is -0.117. The minimum Gasteiger partial charge on any atom is -0.368 e. The first-order valence-electron chi connectivity index (χ1n) is 5.27. The maximum atomic E-state index is 13.2. The molecule has 0 saturated heterocycles. The fourth-order valence-corrected chi connectivity index (χ4v) is 1.16. The van der Waals surface area contributed by atoms with Crippen LogP contribution in [0.1, 0.15) is 6.92 Å². The molecule has 0 atom stereocenters. The fourth-order valence-electron chi connectivity index (χ4n) is 1.16. The van der Waals surface area contributed by atoms with Crippen molar-refractivity contribution >= 4 is 11.6 Å². The average Bonchev–Trinajstić information content (AvgIpc) is 2.31. The second-order valence-corrected chi connectivity index (χ2v) is 3.59. The lowest BCUT2D eigenvalue weighted by Gasteiger charge is -2.17. The van der Waals surface area contributed by atoms with Gasteiger partial charge in [-0.05, 0) is 6.92 Å². The van der Waals surface area contributed by atoms with Crippen LogP contribution >= 0.6 is 0 Å². The minimum absolute atomic E-state index is 0.266. The summed E-state index contributed by atoms with van der Waals surface area (Å²) in [4.78, 5) is 3.37. The third-order valence-corrected chi connectivity index (χ3v) is 2.08. The number of hydrogen-bond acceptors (Lipinski definition) is 3. The Labute approximate surface area is 105 Å². The second-order valence-electron chi connectivity index (χ2n) is 3.59. The highest BCUT2D eigenvalue weighted by atomic mass is 19.3. The number of nitrogens with one attached hydrogen (secondary N) is 2. The Morgan fingerprint density at radius 2 is 1.68 bits per heavy atom. The van der Waals surface area contributed by atoms with Crippen LogP contribution in [0.15, 0.2) is 6.07 Å². The van der Waals surface area contributed by atoms with Crippen LogP contribution in [0, 0.1) is 11.6 Å². The molecule has 0 fully saturated rings. The van der Waals surface area contributed by atoms with Crippen LogP contribution in [0.3, 0.4) is 0 Å². The Balaban J connectivity index is 2.86. The zero-order chi connectivity index (χ0) is 14.6.